The van der Waals surface area contributed by atoms with Crippen molar-refractivity contribution < 1.29 is 19.5 Å². The number of hydrogen-bond donors (Lipinski definition) is 1. The van der Waals surface area contributed by atoms with Crippen molar-refractivity contribution in [3.63, 3.8) is 0 Å². The zero-order valence-electron chi connectivity index (χ0n) is 18.9. The fourth-order valence-corrected chi connectivity index (χ4v) is 4.12. The molecule has 176 valence electrons. The third-order valence-electron chi connectivity index (χ3n) is 5.84. The van der Waals surface area contributed by atoms with Gasteiger partial charge in [-0.3, -0.25) is 9.59 Å². The van der Waals surface area contributed by atoms with Crippen LogP contribution in [0.15, 0.2) is 125 Å². The van der Waals surface area contributed by atoms with Crippen molar-refractivity contribution >= 4 is 34.8 Å². The Morgan fingerprint density at radius 3 is 1.58 bits per heavy atom. The fourth-order valence-electron chi connectivity index (χ4n) is 4.12. The molecule has 4 aromatic carbocycles. The minimum Gasteiger partial charge on any atom is -0.478 e. The summed E-state index contributed by atoms with van der Waals surface area (Å²) in [5.74, 6) is -2.46. The van der Waals surface area contributed by atoms with E-state index >= 15 is 0 Å². The summed E-state index contributed by atoms with van der Waals surface area (Å²) in [6, 6.07) is 32.1. The van der Waals surface area contributed by atoms with Gasteiger partial charge in [-0.2, -0.15) is 10.2 Å². The van der Waals surface area contributed by atoms with Crippen LogP contribution in [0.5, 0.6) is 0 Å². The summed E-state index contributed by atoms with van der Waals surface area (Å²) in [7, 11) is 0. The van der Waals surface area contributed by atoms with E-state index in [0.717, 1.165) is 0 Å². The molecule has 1 aliphatic heterocycles. The lowest BCUT2D eigenvalue weighted by Gasteiger charge is -2.27. The molecule has 0 aliphatic carbocycles. The van der Waals surface area contributed by atoms with Gasteiger partial charge in [-0.25, -0.2) is 14.8 Å². The smallest absolute Gasteiger partial charge is 0.337 e. The van der Waals surface area contributed by atoms with Crippen LogP contribution in [-0.2, 0) is 15.1 Å². The van der Waals surface area contributed by atoms with E-state index in [4.69, 9.17) is 0 Å². The standard InChI is InChI=1S/C28H20N4O4/c33-25(34)23-18-10-11-19-24(23)29-30-28(20-12-4-1-5-13-20)26(35)31(21-14-6-2-7-15-21)32(27(28)36)22-16-8-3-9-17-22/h1-19H,(H,33,34). The van der Waals surface area contributed by atoms with Gasteiger partial charge in [0.15, 0.2) is 0 Å². The molecule has 0 radical (unpaired) electrons. The third kappa shape index (κ3) is 3.70. The van der Waals surface area contributed by atoms with E-state index in [-0.39, 0.29) is 11.3 Å². The summed E-state index contributed by atoms with van der Waals surface area (Å²) in [4.78, 5) is 40.2. The second kappa shape index (κ2) is 9.27. The Kier molecular flexibility index (Phi) is 5.83. The Labute approximate surface area is 206 Å². The number of anilines is 2. The summed E-state index contributed by atoms with van der Waals surface area (Å²) in [5.41, 5.74) is -0.876. The van der Waals surface area contributed by atoms with E-state index in [1.54, 1.807) is 91.0 Å². The van der Waals surface area contributed by atoms with Crippen molar-refractivity contribution in [3.8, 4) is 0 Å². The molecule has 8 nitrogen and oxygen atoms in total. The Morgan fingerprint density at radius 1 is 0.639 bits per heavy atom. The van der Waals surface area contributed by atoms with Gasteiger partial charge in [0.05, 0.1) is 22.6 Å². The molecule has 36 heavy (non-hydrogen) atoms. The largest absolute Gasteiger partial charge is 0.478 e. The molecule has 5 rings (SSSR count). The highest BCUT2D eigenvalue weighted by molar-refractivity contribution is 6.29. The van der Waals surface area contributed by atoms with Crippen molar-refractivity contribution in [1.82, 2.24) is 0 Å². The van der Waals surface area contributed by atoms with Crippen LogP contribution in [0.3, 0.4) is 0 Å². The van der Waals surface area contributed by atoms with Crippen molar-refractivity contribution in [1.29, 1.82) is 0 Å². The SMILES string of the molecule is O=C(O)c1ccccc1N=NC1(c2ccccc2)C(=O)N(c2ccccc2)N(c2ccccc2)C1=O. The fraction of sp³-hybridized carbons (Fsp3) is 0.0357. The molecular weight excluding hydrogens is 456 g/mol. The maximum Gasteiger partial charge on any atom is 0.337 e. The number of para-hydroxylation sites is 2. The van der Waals surface area contributed by atoms with E-state index in [1.807, 2.05) is 12.1 Å². The predicted octanol–water partition coefficient (Wildman–Crippen LogP) is 5.36. The topological polar surface area (TPSA) is 103 Å². The molecule has 1 fully saturated rings. The van der Waals surface area contributed by atoms with E-state index in [0.29, 0.717) is 16.9 Å². The number of azo groups is 1. The molecule has 1 saturated heterocycles. The number of carboxylic acids is 1. The van der Waals surface area contributed by atoms with Gasteiger partial charge in [0.1, 0.15) is 0 Å². The van der Waals surface area contributed by atoms with Crippen molar-refractivity contribution in [2.24, 2.45) is 10.2 Å². The number of amides is 2. The Bertz CT molecular complexity index is 1400. The number of benzene rings is 4. The first kappa shape index (κ1) is 22.7. The van der Waals surface area contributed by atoms with Gasteiger partial charge >= 0.3 is 5.97 Å². The number of carbonyl (C=O) groups excluding carboxylic acids is 2. The van der Waals surface area contributed by atoms with Crippen LogP contribution in [0.4, 0.5) is 17.1 Å². The zero-order valence-corrected chi connectivity index (χ0v) is 18.9. The second-order valence-corrected chi connectivity index (χ2v) is 8.00. The first-order chi connectivity index (χ1) is 17.5. The van der Waals surface area contributed by atoms with Crippen molar-refractivity contribution in [2.75, 3.05) is 10.0 Å². The lowest BCUT2D eigenvalue weighted by molar-refractivity contribution is -0.129. The number of carbonyl (C=O) groups is 3. The van der Waals surface area contributed by atoms with Gasteiger partial charge in [-0.1, -0.05) is 78.9 Å². The normalized spacial score (nSPS) is 15.0. The minimum absolute atomic E-state index is 0.0327. The first-order valence-electron chi connectivity index (χ1n) is 11.1. The zero-order chi connectivity index (χ0) is 25.1. The highest BCUT2D eigenvalue weighted by Crippen LogP contribution is 2.42. The minimum atomic E-state index is -2.07. The Morgan fingerprint density at radius 2 is 1.08 bits per heavy atom. The van der Waals surface area contributed by atoms with Gasteiger partial charge < -0.3 is 5.11 Å². The molecule has 0 saturated carbocycles. The van der Waals surface area contributed by atoms with Crippen LogP contribution in [0, 0.1) is 0 Å². The average Bonchev–Trinajstić information content (AvgIpc) is 3.15. The number of aromatic carboxylic acids is 1. The van der Waals surface area contributed by atoms with Gasteiger partial charge in [0, 0.05) is 5.56 Å². The number of carboxylic acid groups (broad SMARTS) is 1. The lowest BCUT2D eigenvalue weighted by atomic mass is 9.89. The van der Waals surface area contributed by atoms with Crippen LogP contribution in [0.1, 0.15) is 15.9 Å². The monoisotopic (exact) mass is 476 g/mol. The van der Waals surface area contributed by atoms with Crippen molar-refractivity contribution in [3.05, 3.63) is 126 Å². The molecule has 1 aliphatic rings. The van der Waals surface area contributed by atoms with Crippen LogP contribution >= 0.6 is 0 Å². The van der Waals surface area contributed by atoms with Gasteiger partial charge in [0.2, 0.25) is 0 Å². The summed E-state index contributed by atoms with van der Waals surface area (Å²) in [5, 5.41) is 20.6. The van der Waals surface area contributed by atoms with Crippen LogP contribution in [0.2, 0.25) is 0 Å². The molecule has 2 amide bonds. The maximum absolute atomic E-state index is 14.3. The van der Waals surface area contributed by atoms with Gasteiger partial charge in [0.25, 0.3) is 17.4 Å². The maximum atomic E-state index is 14.3. The molecule has 0 aromatic heterocycles. The van der Waals surface area contributed by atoms with Crippen molar-refractivity contribution in [2.45, 2.75) is 5.54 Å². The molecule has 1 N–H and O–H groups in total. The molecule has 0 spiro atoms. The van der Waals surface area contributed by atoms with E-state index < -0.39 is 23.3 Å². The van der Waals surface area contributed by atoms with Crippen LogP contribution < -0.4 is 10.0 Å². The highest BCUT2D eigenvalue weighted by Gasteiger charge is 2.62. The summed E-state index contributed by atoms with van der Waals surface area (Å²) < 4.78 is 0. The Balaban J connectivity index is 1.75. The summed E-state index contributed by atoms with van der Waals surface area (Å²) in [6.07, 6.45) is 0. The predicted molar refractivity (Wildman–Crippen MR) is 134 cm³/mol. The third-order valence-corrected chi connectivity index (χ3v) is 5.84. The second-order valence-electron chi connectivity index (χ2n) is 8.00. The number of nitrogens with zero attached hydrogens (tertiary/aromatic N) is 4. The molecule has 0 unspecified atom stereocenters. The quantitative estimate of drug-likeness (QED) is 0.299. The first-order valence-corrected chi connectivity index (χ1v) is 11.1. The van der Waals surface area contributed by atoms with E-state index in [1.165, 1.54) is 22.2 Å². The highest BCUT2D eigenvalue weighted by atomic mass is 16.4. The Hall–Kier alpha value is -5.11. The van der Waals surface area contributed by atoms with Crippen LogP contribution in [0.25, 0.3) is 0 Å². The summed E-state index contributed by atoms with van der Waals surface area (Å²) in [6.45, 7) is 0. The lowest BCUT2D eigenvalue weighted by Crippen LogP contribution is -2.41. The number of hydrogen-bond acceptors (Lipinski definition) is 5. The molecule has 0 atom stereocenters. The summed E-state index contributed by atoms with van der Waals surface area (Å²) >= 11 is 0. The van der Waals surface area contributed by atoms with Crippen LogP contribution in [-0.4, -0.2) is 22.9 Å². The number of rotatable bonds is 6. The molecular formula is C28H20N4O4. The number of hydrazine groups is 1. The van der Waals surface area contributed by atoms with E-state index in [9.17, 15) is 19.5 Å². The average molecular weight is 476 g/mol. The van der Waals surface area contributed by atoms with Gasteiger partial charge in [-0.05, 0) is 36.4 Å². The molecule has 0 bridgehead atoms. The molecule has 1 heterocycles. The molecule has 8 heteroatoms. The van der Waals surface area contributed by atoms with E-state index in [2.05, 4.69) is 10.2 Å². The van der Waals surface area contributed by atoms with Gasteiger partial charge in [-0.15, -0.1) is 0 Å². The molecule has 4 aromatic rings.